The van der Waals surface area contributed by atoms with Gasteiger partial charge in [-0.05, 0) is 43.4 Å². The Labute approximate surface area is 134 Å². The van der Waals surface area contributed by atoms with Crippen LogP contribution in [0.25, 0.3) is 10.9 Å². The van der Waals surface area contributed by atoms with E-state index in [1.807, 2.05) is 35.9 Å². The summed E-state index contributed by atoms with van der Waals surface area (Å²) in [7, 11) is 0. The Bertz CT molecular complexity index is 880. The molecule has 1 amide bonds. The molecule has 0 atom stereocenters. The molecular formula is C18H18N4O. The number of carbonyl (C=O) groups is 1. The zero-order valence-corrected chi connectivity index (χ0v) is 13.0. The molecule has 0 saturated heterocycles. The lowest BCUT2D eigenvalue weighted by Gasteiger charge is -2.06. The van der Waals surface area contributed by atoms with Crippen LogP contribution in [0.3, 0.4) is 0 Å². The van der Waals surface area contributed by atoms with Gasteiger partial charge in [0.1, 0.15) is 0 Å². The summed E-state index contributed by atoms with van der Waals surface area (Å²) in [4.78, 5) is 16.7. The molecule has 3 aromatic rings. The molecule has 0 aliphatic heterocycles. The van der Waals surface area contributed by atoms with Crippen LogP contribution in [0, 0.1) is 12.8 Å². The summed E-state index contributed by atoms with van der Waals surface area (Å²) in [5.74, 6) is 0.529. The second-order valence-electron chi connectivity index (χ2n) is 6.14. The van der Waals surface area contributed by atoms with Crippen LogP contribution in [0.5, 0.6) is 0 Å². The summed E-state index contributed by atoms with van der Waals surface area (Å²) >= 11 is 0. The van der Waals surface area contributed by atoms with Crippen molar-refractivity contribution < 1.29 is 4.79 Å². The number of aryl methyl sites for hydroxylation is 1. The van der Waals surface area contributed by atoms with Crippen molar-refractivity contribution in [1.82, 2.24) is 14.8 Å². The molecule has 1 fully saturated rings. The predicted molar refractivity (Wildman–Crippen MR) is 89.4 cm³/mol. The number of aromatic nitrogens is 3. The summed E-state index contributed by atoms with van der Waals surface area (Å²) in [5.41, 5.74) is 3.21. The third kappa shape index (κ3) is 2.70. The molecule has 5 nitrogen and oxygen atoms in total. The van der Waals surface area contributed by atoms with E-state index in [1.165, 1.54) is 12.8 Å². The molecule has 116 valence electrons. The minimum atomic E-state index is -0.176. The molecule has 2 aromatic heterocycles. The lowest BCUT2D eigenvalue weighted by Crippen LogP contribution is -2.14. The van der Waals surface area contributed by atoms with E-state index in [-0.39, 0.29) is 5.91 Å². The topological polar surface area (TPSA) is 59.8 Å². The van der Waals surface area contributed by atoms with E-state index in [1.54, 1.807) is 18.5 Å². The summed E-state index contributed by atoms with van der Waals surface area (Å²) in [6.45, 7) is 2.81. The van der Waals surface area contributed by atoms with Crippen LogP contribution in [0.1, 0.15) is 28.9 Å². The molecule has 0 unspecified atom stereocenters. The van der Waals surface area contributed by atoms with Crippen molar-refractivity contribution in [3.8, 4) is 0 Å². The van der Waals surface area contributed by atoms with E-state index < -0.39 is 0 Å². The maximum atomic E-state index is 12.7. The average molecular weight is 306 g/mol. The maximum Gasteiger partial charge on any atom is 0.276 e. The van der Waals surface area contributed by atoms with Gasteiger partial charge in [0.05, 0.1) is 5.52 Å². The number of amides is 1. The molecule has 1 N–H and O–H groups in total. The van der Waals surface area contributed by atoms with Gasteiger partial charge in [-0.1, -0.05) is 18.2 Å². The van der Waals surface area contributed by atoms with Crippen molar-refractivity contribution in [3.63, 3.8) is 0 Å². The Morgan fingerprint density at radius 1 is 1.30 bits per heavy atom. The van der Waals surface area contributed by atoms with E-state index >= 15 is 0 Å². The molecule has 0 spiro atoms. The number of para-hydroxylation sites is 1. The van der Waals surface area contributed by atoms with Crippen LogP contribution in [-0.4, -0.2) is 20.7 Å². The first-order valence-electron chi connectivity index (χ1n) is 7.90. The smallest absolute Gasteiger partial charge is 0.276 e. The molecule has 1 aliphatic carbocycles. The first kappa shape index (κ1) is 13.9. The van der Waals surface area contributed by atoms with Crippen molar-refractivity contribution >= 4 is 22.5 Å². The van der Waals surface area contributed by atoms with Crippen LogP contribution in [0.15, 0.2) is 42.7 Å². The van der Waals surface area contributed by atoms with Gasteiger partial charge in [-0.3, -0.25) is 14.5 Å². The zero-order chi connectivity index (χ0) is 15.8. The van der Waals surface area contributed by atoms with Crippen LogP contribution in [0.4, 0.5) is 5.69 Å². The number of rotatable bonds is 4. The summed E-state index contributed by atoms with van der Waals surface area (Å²) in [6.07, 6.45) is 5.92. The van der Waals surface area contributed by atoms with Crippen LogP contribution < -0.4 is 5.32 Å². The Balaban J connectivity index is 1.70. The summed E-state index contributed by atoms with van der Waals surface area (Å²) < 4.78 is 1.97. The Morgan fingerprint density at radius 3 is 2.91 bits per heavy atom. The first-order chi connectivity index (χ1) is 11.2. The van der Waals surface area contributed by atoms with E-state index in [4.69, 9.17) is 0 Å². The molecule has 1 aliphatic rings. The number of fused-ring (bicyclic) bond motifs is 1. The molecule has 0 radical (unpaired) electrons. The molecular weight excluding hydrogens is 288 g/mol. The third-order valence-electron chi connectivity index (χ3n) is 4.27. The van der Waals surface area contributed by atoms with Gasteiger partial charge in [0, 0.05) is 30.0 Å². The quantitative estimate of drug-likeness (QED) is 0.803. The molecule has 2 heterocycles. The number of hydrogen-bond donors (Lipinski definition) is 1. The van der Waals surface area contributed by atoms with E-state index in [2.05, 4.69) is 15.4 Å². The standard InChI is InChI=1S/C18H18N4O/c1-12-10-19-9-8-15(12)20-18(23)17-14-4-2-3-5-16(14)22(21-17)11-13-6-7-13/h2-5,8-10,13H,6-7,11H2,1H3,(H,19,20,23). The van der Waals surface area contributed by atoms with Crippen molar-refractivity contribution in [3.05, 3.63) is 54.0 Å². The second kappa shape index (κ2) is 5.50. The van der Waals surface area contributed by atoms with Gasteiger partial charge < -0.3 is 5.32 Å². The molecule has 1 saturated carbocycles. The van der Waals surface area contributed by atoms with Crippen molar-refractivity contribution in [2.24, 2.45) is 5.92 Å². The lowest BCUT2D eigenvalue weighted by molar-refractivity contribution is 0.102. The van der Waals surface area contributed by atoms with Crippen molar-refractivity contribution in [2.75, 3.05) is 5.32 Å². The number of nitrogens with zero attached hydrogens (tertiary/aromatic N) is 3. The van der Waals surface area contributed by atoms with Gasteiger partial charge in [0.15, 0.2) is 5.69 Å². The Hall–Kier alpha value is -2.69. The highest BCUT2D eigenvalue weighted by molar-refractivity contribution is 6.11. The average Bonchev–Trinajstić information content (AvgIpc) is 3.30. The SMILES string of the molecule is Cc1cnccc1NC(=O)c1nn(CC2CC2)c2ccccc12. The lowest BCUT2D eigenvalue weighted by atomic mass is 10.2. The van der Waals surface area contributed by atoms with E-state index in [9.17, 15) is 4.79 Å². The Morgan fingerprint density at radius 2 is 2.13 bits per heavy atom. The number of hydrogen-bond acceptors (Lipinski definition) is 3. The first-order valence-corrected chi connectivity index (χ1v) is 7.90. The summed E-state index contributed by atoms with van der Waals surface area (Å²) in [5, 5.41) is 8.43. The van der Waals surface area contributed by atoms with Gasteiger partial charge in [-0.15, -0.1) is 0 Å². The molecule has 4 rings (SSSR count). The number of nitrogens with one attached hydrogen (secondary N) is 1. The molecule has 1 aromatic carbocycles. The van der Waals surface area contributed by atoms with Crippen LogP contribution >= 0.6 is 0 Å². The minimum absolute atomic E-state index is 0.176. The highest BCUT2D eigenvalue weighted by Crippen LogP contribution is 2.32. The van der Waals surface area contributed by atoms with Gasteiger partial charge in [-0.2, -0.15) is 5.10 Å². The van der Waals surface area contributed by atoms with Gasteiger partial charge in [0.25, 0.3) is 5.91 Å². The van der Waals surface area contributed by atoms with Gasteiger partial charge in [-0.25, -0.2) is 0 Å². The fourth-order valence-corrected chi connectivity index (χ4v) is 2.77. The highest BCUT2D eigenvalue weighted by atomic mass is 16.2. The normalized spacial score (nSPS) is 14.1. The fraction of sp³-hybridized carbons (Fsp3) is 0.278. The second-order valence-corrected chi connectivity index (χ2v) is 6.14. The number of carbonyl (C=O) groups excluding carboxylic acids is 1. The van der Waals surface area contributed by atoms with Crippen LogP contribution in [0.2, 0.25) is 0 Å². The third-order valence-corrected chi connectivity index (χ3v) is 4.27. The predicted octanol–water partition coefficient (Wildman–Crippen LogP) is 3.40. The Kier molecular flexibility index (Phi) is 3.33. The highest BCUT2D eigenvalue weighted by Gasteiger charge is 2.25. The zero-order valence-electron chi connectivity index (χ0n) is 13.0. The number of benzene rings is 1. The molecule has 23 heavy (non-hydrogen) atoms. The number of anilines is 1. The molecule has 5 heteroatoms. The van der Waals surface area contributed by atoms with Crippen molar-refractivity contribution in [2.45, 2.75) is 26.3 Å². The maximum absolute atomic E-state index is 12.7. The minimum Gasteiger partial charge on any atom is -0.320 e. The van der Waals surface area contributed by atoms with Gasteiger partial charge >= 0.3 is 0 Å². The fourth-order valence-electron chi connectivity index (χ4n) is 2.77. The molecule has 0 bridgehead atoms. The van der Waals surface area contributed by atoms with Crippen molar-refractivity contribution in [1.29, 1.82) is 0 Å². The summed E-state index contributed by atoms with van der Waals surface area (Å²) in [6, 6.07) is 9.72. The largest absolute Gasteiger partial charge is 0.320 e. The van der Waals surface area contributed by atoms with Gasteiger partial charge in [0.2, 0.25) is 0 Å². The monoisotopic (exact) mass is 306 g/mol. The number of pyridine rings is 1. The van der Waals surface area contributed by atoms with Crippen LogP contribution in [-0.2, 0) is 6.54 Å². The van der Waals surface area contributed by atoms with E-state index in [0.717, 1.165) is 28.7 Å². The van der Waals surface area contributed by atoms with E-state index in [0.29, 0.717) is 11.6 Å².